The Bertz CT molecular complexity index is 583. The Kier molecular flexibility index (Phi) is 4.41. The Labute approximate surface area is 119 Å². The minimum absolute atomic E-state index is 0.228. The zero-order valence-corrected chi connectivity index (χ0v) is 11.8. The van der Waals surface area contributed by atoms with E-state index < -0.39 is 0 Å². The van der Waals surface area contributed by atoms with E-state index in [1.165, 1.54) is 11.1 Å². The van der Waals surface area contributed by atoms with Crippen LogP contribution in [0.2, 0.25) is 0 Å². The quantitative estimate of drug-likeness (QED) is 0.685. The molecule has 3 nitrogen and oxygen atoms in total. The molecule has 0 amide bonds. The minimum atomic E-state index is -0.228. The summed E-state index contributed by atoms with van der Waals surface area (Å²) < 4.78 is 5.30. The third-order valence-electron chi connectivity index (χ3n) is 3.01. The van der Waals surface area contributed by atoms with E-state index in [4.69, 9.17) is 10.5 Å². The van der Waals surface area contributed by atoms with E-state index in [1.54, 1.807) is 12.1 Å². The first kappa shape index (κ1) is 14.1. The molecule has 0 saturated carbocycles. The molecular weight excluding hydrogens is 250 g/mol. The summed E-state index contributed by atoms with van der Waals surface area (Å²) in [4.78, 5) is 11.8. The Morgan fingerprint density at radius 1 is 1.00 bits per heavy atom. The van der Waals surface area contributed by atoms with Crippen molar-refractivity contribution in [1.82, 2.24) is 0 Å². The maximum atomic E-state index is 11.8. The molecular formula is C17H19NO2. The SMILES string of the molecule is Cc1cc(C)cc(COC(=O)Cc2ccc(N)cc2)c1. The third kappa shape index (κ3) is 4.12. The molecule has 2 aromatic rings. The fraction of sp³-hybridized carbons (Fsp3) is 0.235. The van der Waals surface area contributed by atoms with E-state index >= 15 is 0 Å². The van der Waals surface area contributed by atoms with Gasteiger partial charge in [-0.05, 0) is 37.1 Å². The molecule has 2 aromatic carbocycles. The zero-order valence-electron chi connectivity index (χ0n) is 11.8. The number of hydrogen-bond donors (Lipinski definition) is 1. The number of benzene rings is 2. The fourth-order valence-electron chi connectivity index (χ4n) is 2.17. The molecule has 2 N–H and O–H groups in total. The number of aryl methyl sites for hydroxylation is 2. The second-order valence-corrected chi connectivity index (χ2v) is 5.08. The summed E-state index contributed by atoms with van der Waals surface area (Å²) in [6, 6.07) is 13.4. The molecule has 0 heterocycles. The number of carbonyl (C=O) groups excluding carboxylic acids is 1. The lowest BCUT2D eigenvalue weighted by Gasteiger charge is -2.07. The van der Waals surface area contributed by atoms with Crippen molar-refractivity contribution in [2.24, 2.45) is 0 Å². The van der Waals surface area contributed by atoms with Crippen molar-refractivity contribution in [2.75, 3.05) is 5.73 Å². The summed E-state index contributed by atoms with van der Waals surface area (Å²) in [5.41, 5.74) is 10.6. The zero-order chi connectivity index (χ0) is 14.5. The topological polar surface area (TPSA) is 52.3 Å². The third-order valence-corrected chi connectivity index (χ3v) is 3.01. The van der Waals surface area contributed by atoms with Gasteiger partial charge in [0.2, 0.25) is 0 Å². The van der Waals surface area contributed by atoms with Crippen LogP contribution < -0.4 is 5.73 Å². The Hall–Kier alpha value is -2.29. The van der Waals surface area contributed by atoms with Gasteiger partial charge in [0.15, 0.2) is 0 Å². The van der Waals surface area contributed by atoms with Crippen molar-refractivity contribution >= 4 is 11.7 Å². The van der Waals surface area contributed by atoms with Gasteiger partial charge in [0, 0.05) is 5.69 Å². The molecule has 0 aliphatic heterocycles. The predicted octanol–water partition coefficient (Wildman–Crippen LogP) is 3.17. The normalized spacial score (nSPS) is 10.3. The van der Waals surface area contributed by atoms with Crippen molar-refractivity contribution in [2.45, 2.75) is 26.9 Å². The van der Waals surface area contributed by atoms with Gasteiger partial charge in [-0.3, -0.25) is 4.79 Å². The van der Waals surface area contributed by atoms with Crippen LogP contribution >= 0.6 is 0 Å². The van der Waals surface area contributed by atoms with Gasteiger partial charge in [-0.2, -0.15) is 0 Å². The van der Waals surface area contributed by atoms with Gasteiger partial charge in [0.25, 0.3) is 0 Å². The van der Waals surface area contributed by atoms with E-state index in [-0.39, 0.29) is 12.4 Å². The summed E-state index contributed by atoms with van der Waals surface area (Å²) in [5.74, 6) is -0.228. The Morgan fingerprint density at radius 2 is 1.60 bits per heavy atom. The highest BCUT2D eigenvalue weighted by Crippen LogP contribution is 2.11. The monoisotopic (exact) mass is 269 g/mol. The molecule has 0 fully saturated rings. The molecule has 0 radical (unpaired) electrons. The van der Waals surface area contributed by atoms with Gasteiger partial charge >= 0.3 is 5.97 Å². The first-order valence-corrected chi connectivity index (χ1v) is 6.60. The summed E-state index contributed by atoms with van der Waals surface area (Å²) >= 11 is 0. The first-order chi connectivity index (χ1) is 9.52. The van der Waals surface area contributed by atoms with Crippen LogP contribution in [-0.4, -0.2) is 5.97 Å². The maximum absolute atomic E-state index is 11.8. The number of esters is 1. The number of ether oxygens (including phenoxy) is 1. The summed E-state index contributed by atoms with van der Waals surface area (Å²) in [5, 5.41) is 0. The highest BCUT2D eigenvalue weighted by molar-refractivity contribution is 5.72. The average Bonchev–Trinajstić information content (AvgIpc) is 2.38. The second-order valence-electron chi connectivity index (χ2n) is 5.08. The van der Waals surface area contributed by atoms with Crippen molar-refractivity contribution in [1.29, 1.82) is 0 Å². The molecule has 3 heteroatoms. The molecule has 2 rings (SSSR count). The van der Waals surface area contributed by atoms with Gasteiger partial charge in [0.1, 0.15) is 6.61 Å². The molecule has 0 aromatic heterocycles. The van der Waals surface area contributed by atoms with Crippen LogP contribution in [0, 0.1) is 13.8 Å². The second kappa shape index (κ2) is 6.24. The maximum Gasteiger partial charge on any atom is 0.310 e. The number of nitrogens with two attached hydrogens (primary N) is 1. The van der Waals surface area contributed by atoms with Crippen LogP contribution in [0.4, 0.5) is 5.69 Å². The predicted molar refractivity (Wildman–Crippen MR) is 80.3 cm³/mol. The lowest BCUT2D eigenvalue weighted by atomic mass is 10.1. The van der Waals surface area contributed by atoms with E-state index in [1.807, 2.05) is 38.1 Å². The largest absolute Gasteiger partial charge is 0.461 e. The molecule has 0 aliphatic carbocycles. The summed E-state index contributed by atoms with van der Waals surface area (Å²) in [6.45, 7) is 4.38. The van der Waals surface area contributed by atoms with Gasteiger partial charge in [-0.25, -0.2) is 0 Å². The van der Waals surface area contributed by atoms with E-state index in [9.17, 15) is 4.79 Å². The Morgan fingerprint density at radius 3 is 2.20 bits per heavy atom. The highest BCUT2D eigenvalue weighted by atomic mass is 16.5. The van der Waals surface area contributed by atoms with E-state index in [0.717, 1.165) is 11.1 Å². The lowest BCUT2D eigenvalue weighted by molar-refractivity contribution is -0.144. The van der Waals surface area contributed by atoms with Gasteiger partial charge in [-0.15, -0.1) is 0 Å². The minimum Gasteiger partial charge on any atom is -0.461 e. The smallest absolute Gasteiger partial charge is 0.310 e. The molecule has 0 unspecified atom stereocenters. The molecule has 20 heavy (non-hydrogen) atoms. The highest BCUT2D eigenvalue weighted by Gasteiger charge is 2.06. The standard InChI is InChI=1S/C17H19NO2/c1-12-7-13(2)9-15(8-12)11-20-17(19)10-14-3-5-16(18)6-4-14/h3-9H,10-11,18H2,1-2H3. The van der Waals surface area contributed by atoms with Crippen LogP contribution in [0.5, 0.6) is 0 Å². The van der Waals surface area contributed by atoms with Crippen LogP contribution in [0.3, 0.4) is 0 Å². The number of anilines is 1. The molecule has 0 aliphatic rings. The summed E-state index contributed by atoms with van der Waals surface area (Å²) in [7, 11) is 0. The molecule has 0 bridgehead atoms. The molecule has 0 saturated heterocycles. The van der Waals surface area contributed by atoms with Gasteiger partial charge in [0.05, 0.1) is 6.42 Å². The van der Waals surface area contributed by atoms with Crippen LogP contribution in [-0.2, 0) is 22.6 Å². The number of nitrogen functional groups attached to an aromatic ring is 1. The Balaban J connectivity index is 1.90. The first-order valence-electron chi connectivity index (χ1n) is 6.60. The van der Waals surface area contributed by atoms with Gasteiger partial charge < -0.3 is 10.5 Å². The van der Waals surface area contributed by atoms with Crippen molar-refractivity contribution < 1.29 is 9.53 Å². The van der Waals surface area contributed by atoms with Crippen LogP contribution in [0.15, 0.2) is 42.5 Å². The number of carbonyl (C=O) groups is 1. The lowest BCUT2D eigenvalue weighted by Crippen LogP contribution is -2.08. The van der Waals surface area contributed by atoms with Crippen molar-refractivity contribution in [3.8, 4) is 0 Å². The van der Waals surface area contributed by atoms with Crippen LogP contribution in [0.1, 0.15) is 22.3 Å². The van der Waals surface area contributed by atoms with Crippen LogP contribution in [0.25, 0.3) is 0 Å². The average molecular weight is 269 g/mol. The van der Waals surface area contributed by atoms with E-state index in [2.05, 4.69) is 6.07 Å². The van der Waals surface area contributed by atoms with Gasteiger partial charge in [-0.1, -0.05) is 41.5 Å². The van der Waals surface area contributed by atoms with E-state index in [0.29, 0.717) is 12.3 Å². The number of hydrogen-bond acceptors (Lipinski definition) is 3. The molecule has 0 spiro atoms. The van der Waals surface area contributed by atoms with Crippen molar-refractivity contribution in [3.63, 3.8) is 0 Å². The summed E-state index contributed by atoms with van der Waals surface area (Å²) in [6.07, 6.45) is 0.269. The fourth-order valence-corrected chi connectivity index (χ4v) is 2.17. The molecule has 104 valence electrons. The van der Waals surface area contributed by atoms with Crippen molar-refractivity contribution in [3.05, 3.63) is 64.7 Å². The molecule has 0 atom stereocenters. The number of rotatable bonds is 4.